The Morgan fingerprint density at radius 2 is 1.78 bits per heavy atom. The molecule has 168 valence electrons. The van der Waals surface area contributed by atoms with Crippen molar-refractivity contribution >= 4 is 28.9 Å². The van der Waals surface area contributed by atoms with Crippen molar-refractivity contribution in [1.82, 2.24) is 15.3 Å². The summed E-state index contributed by atoms with van der Waals surface area (Å²) in [6, 6.07) is 14.3. The third-order valence-corrected chi connectivity index (χ3v) is 6.66. The first-order chi connectivity index (χ1) is 15.1. The van der Waals surface area contributed by atoms with E-state index in [-0.39, 0.29) is 17.0 Å². The minimum absolute atomic E-state index is 0.0610. The Balaban J connectivity index is 1.52. The average molecular weight is 450 g/mol. The summed E-state index contributed by atoms with van der Waals surface area (Å²) in [5, 5.41) is 10.1. The smallest absolute Gasteiger partial charge is 0.223 e. The van der Waals surface area contributed by atoms with Crippen molar-refractivity contribution in [2.24, 2.45) is 0 Å². The van der Waals surface area contributed by atoms with Crippen molar-refractivity contribution in [3.8, 4) is 21.0 Å². The molecule has 0 saturated carbocycles. The second-order valence-corrected chi connectivity index (χ2v) is 10.9. The first-order valence-corrected chi connectivity index (χ1v) is 11.8. The molecular weight excluding hydrogens is 418 g/mol. The molecule has 3 heterocycles. The molecule has 3 aromatic rings. The maximum Gasteiger partial charge on any atom is 0.223 e. The number of thiophene rings is 1. The van der Waals surface area contributed by atoms with Gasteiger partial charge in [0.15, 0.2) is 0 Å². The molecule has 0 spiro atoms. The van der Waals surface area contributed by atoms with Crippen LogP contribution in [0.1, 0.15) is 47.5 Å². The quantitative estimate of drug-likeness (QED) is 0.476. The van der Waals surface area contributed by atoms with Crippen molar-refractivity contribution in [3.05, 3.63) is 48.7 Å². The molecule has 6 nitrogen and oxygen atoms in total. The first-order valence-electron chi connectivity index (χ1n) is 11.0. The monoisotopic (exact) mass is 449 g/mol. The van der Waals surface area contributed by atoms with Crippen LogP contribution in [0.3, 0.4) is 0 Å². The van der Waals surface area contributed by atoms with Gasteiger partial charge in [0.1, 0.15) is 0 Å². The number of nitrogens with zero attached hydrogens (tertiary/aromatic N) is 2. The largest absolute Gasteiger partial charge is 0.351 e. The Morgan fingerprint density at radius 1 is 1.06 bits per heavy atom. The van der Waals surface area contributed by atoms with Gasteiger partial charge in [-0.3, -0.25) is 4.79 Å². The van der Waals surface area contributed by atoms with Crippen molar-refractivity contribution in [2.45, 2.75) is 64.6 Å². The number of hydrogen-bond acceptors (Lipinski definition) is 6. The summed E-state index contributed by atoms with van der Waals surface area (Å²) < 4.78 is 0. The van der Waals surface area contributed by atoms with Gasteiger partial charge in [-0.15, -0.1) is 11.3 Å². The molecule has 1 amide bonds. The minimum atomic E-state index is -0.0736. The van der Waals surface area contributed by atoms with E-state index in [1.807, 2.05) is 30.5 Å². The van der Waals surface area contributed by atoms with E-state index in [2.05, 4.69) is 66.8 Å². The topological polar surface area (TPSA) is 78.9 Å². The highest BCUT2D eigenvalue weighted by Crippen LogP contribution is 2.35. The molecular formula is C25H31N5OS. The van der Waals surface area contributed by atoms with Gasteiger partial charge in [0.05, 0.1) is 10.6 Å². The molecule has 1 aliphatic rings. The number of benzene rings is 1. The summed E-state index contributed by atoms with van der Waals surface area (Å²) in [5.74, 6) is 0.596. The Kier molecular flexibility index (Phi) is 6.05. The molecule has 0 atom stereocenters. The van der Waals surface area contributed by atoms with Crippen LogP contribution in [0.5, 0.6) is 0 Å². The van der Waals surface area contributed by atoms with Crippen molar-refractivity contribution < 1.29 is 4.79 Å². The fraction of sp³-hybridized carbons (Fsp3) is 0.400. The number of rotatable bonds is 5. The summed E-state index contributed by atoms with van der Waals surface area (Å²) in [6.07, 6.45) is 3.84. The van der Waals surface area contributed by atoms with Crippen molar-refractivity contribution in [2.75, 3.05) is 10.6 Å². The van der Waals surface area contributed by atoms with Gasteiger partial charge >= 0.3 is 0 Å². The molecule has 0 bridgehead atoms. The summed E-state index contributed by atoms with van der Waals surface area (Å²) in [6.45, 7) is 10.5. The maximum atomic E-state index is 11.4. The van der Waals surface area contributed by atoms with Crippen molar-refractivity contribution in [1.29, 1.82) is 0 Å². The number of nitrogens with one attached hydrogen (secondary N) is 3. The SMILES string of the molecule is CC(=O)Nc1cccc(-c2ccc(-c3ccnc(NC4CC(C)(C)NC(C)(C)C4)n3)s2)c1. The van der Waals surface area contributed by atoms with E-state index >= 15 is 0 Å². The van der Waals surface area contributed by atoms with E-state index in [0.717, 1.165) is 39.5 Å². The molecule has 4 rings (SSSR count). The van der Waals surface area contributed by atoms with Crippen LogP contribution in [0.2, 0.25) is 0 Å². The second kappa shape index (κ2) is 8.64. The van der Waals surface area contributed by atoms with Crippen LogP contribution in [0.15, 0.2) is 48.7 Å². The van der Waals surface area contributed by atoms with E-state index in [1.54, 1.807) is 11.3 Å². The molecule has 2 aromatic heterocycles. The molecule has 1 fully saturated rings. The van der Waals surface area contributed by atoms with Gasteiger partial charge in [0, 0.05) is 40.8 Å². The highest BCUT2D eigenvalue weighted by molar-refractivity contribution is 7.18. The molecule has 1 aromatic carbocycles. The van der Waals surface area contributed by atoms with Crippen LogP contribution in [0.25, 0.3) is 21.0 Å². The van der Waals surface area contributed by atoms with Crippen molar-refractivity contribution in [3.63, 3.8) is 0 Å². The Hall–Kier alpha value is -2.77. The lowest BCUT2D eigenvalue weighted by molar-refractivity contribution is -0.114. The predicted molar refractivity (Wildman–Crippen MR) is 133 cm³/mol. The number of carbonyl (C=O) groups is 1. The fourth-order valence-electron chi connectivity index (χ4n) is 4.76. The molecule has 1 aliphatic heterocycles. The Morgan fingerprint density at radius 3 is 2.50 bits per heavy atom. The number of hydrogen-bond donors (Lipinski definition) is 3. The van der Waals surface area contributed by atoms with Gasteiger partial charge in [-0.05, 0) is 76.4 Å². The molecule has 3 N–H and O–H groups in total. The number of amides is 1. The first kappa shape index (κ1) is 22.4. The van der Waals surface area contributed by atoms with Crippen LogP contribution < -0.4 is 16.0 Å². The van der Waals surface area contributed by atoms with Gasteiger partial charge in [-0.2, -0.15) is 0 Å². The highest BCUT2D eigenvalue weighted by atomic mass is 32.1. The third-order valence-electron chi connectivity index (χ3n) is 5.50. The molecule has 0 aliphatic carbocycles. The van der Waals surface area contributed by atoms with Gasteiger partial charge < -0.3 is 16.0 Å². The van der Waals surface area contributed by atoms with Crippen LogP contribution in [0, 0.1) is 0 Å². The molecule has 32 heavy (non-hydrogen) atoms. The third kappa shape index (κ3) is 5.53. The Bertz CT molecular complexity index is 1100. The Labute approximate surface area is 193 Å². The van der Waals surface area contributed by atoms with E-state index in [0.29, 0.717) is 12.0 Å². The van der Waals surface area contributed by atoms with E-state index in [1.165, 1.54) is 6.92 Å². The van der Waals surface area contributed by atoms with E-state index in [9.17, 15) is 4.79 Å². The predicted octanol–water partition coefficient (Wildman–Crippen LogP) is 5.55. The molecule has 0 unspecified atom stereocenters. The number of carbonyl (C=O) groups excluding carboxylic acids is 1. The van der Waals surface area contributed by atoms with Gasteiger partial charge in [0.2, 0.25) is 11.9 Å². The highest BCUT2D eigenvalue weighted by Gasteiger charge is 2.37. The lowest BCUT2D eigenvalue weighted by Crippen LogP contribution is -2.60. The van der Waals surface area contributed by atoms with Crippen LogP contribution >= 0.6 is 11.3 Å². The number of aromatic nitrogens is 2. The zero-order valence-corrected chi connectivity index (χ0v) is 20.1. The lowest BCUT2D eigenvalue weighted by Gasteiger charge is -2.46. The fourth-order valence-corrected chi connectivity index (χ4v) is 5.73. The maximum absolute atomic E-state index is 11.4. The normalized spacial score (nSPS) is 17.7. The van der Waals surface area contributed by atoms with Crippen LogP contribution in [0.4, 0.5) is 11.6 Å². The van der Waals surface area contributed by atoms with Gasteiger partial charge in [0.25, 0.3) is 0 Å². The molecule has 0 radical (unpaired) electrons. The average Bonchev–Trinajstić information content (AvgIpc) is 3.16. The van der Waals surface area contributed by atoms with E-state index < -0.39 is 0 Å². The van der Waals surface area contributed by atoms with Gasteiger partial charge in [-0.1, -0.05) is 12.1 Å². The molecule has 1 saturated heterocycles. The summed E-state index contributed by atoms with van der Waals surface area (Å²) >= 11 is 1.68. The minimum Gasteiger partial charge on any atom is -0.351 e. The zero-order chi connectivity index (χ0) is 22.9. The molecule has 7 heteroatoms. The summed E-state index contributed by atoms with van der Waals surface area (Å²) in [7, 11) is 0. The van der Waals surface area contributed by atoms with Crippen LogP contribution in [-0.2, 0) is 4.79 Å². The van der Waals surface area contributed by atoms with E-state index in [4.69, 9.17) is 4.98 Å². The summed E-state index contributed by atoms with van der Waals surface area (Å²) in [4.78, 5) is 22.9. The number of piperidine rings is 1. The standard InChI is InChI=1S/C25H31N5OS/c1-16(31)27-18-8-6-7-17(13-18)21-9-10-22(32-21)20-11-12-26-23(29-20)28-19-14-24(2,3)30-25(4,5)15-19/h6-13,19,30H,14-15H2,1-5H3,(H,27,31)(H,26,28,29). The number of anilines is 2. The zero-order valence-electron chi connectivity index (χ0n) is 19.3. The van der Waals surface area contributed by atoms with Gasteiger partial charge in [-0.25, -0.2) is 9.97 Å². The van der Waals surface area contributed by atoms with Crippen LogP contribution in [-0.4, -0.2) is 33.0 Å². The lowest BCUT2D eigenvalue weighted by atomic mass is 9.80. The second-order valence-electron chi connectivity index (χ2n) is 9.83. The summed E-state index contributed by atoms with van der Waals surface area (Å²) in [5.41, 5.74) is 2.89.